The summed E-state index contributed by atoms with van der Waals surface area (Å²) in [4.78, 5) is 0. The molecule has 104 valence electrons. The predicted octanol–water partition coefficient (Wildman–Crippen LogP) is 3.81. The Morgan fingerprint density at radius 3 is 2.84 bits per heavy atom. The molecule has 2 atom stereocenters. The zero-order valence-electron chi connectivity index (χ0n) is 11.9. The molecule has 0 spiro atoms. The molecule has 2 N–H and O–H groups in total. The van der Waals surface area contributed by atoms with Crippen LogP contribution < -0.4 is 10.1 Å². The Balaban J connectivity index is 1.92. The van der Waals surface area contributed by atoms with Gasteiger partial charge in [-0.1, -0.05) is 18.6 Å². The van der Waals surface area contributed by atoms with Crippen LogP contribution in [0.25, 0.3) is 0 Å². The molecule has 0 amide bonds. The maximum atomic E-state index is 9.74. The van der Waals surface area contributed by atoms with Crippen molar-refractivity contribution < 1.29 is 9.84 Å². The van der Waals surface area contributed by atoms with Gasteiger partial charge in [0.25, 0.3) is 0 Å². The van der Waals surface area contributed by atoms with Crippen LogP contribution in [0.2, 0.25) is 0 Å². The SMILES string of the molecule is COc1ccc(NCC2CC(C)=CC(C)C2)cc1O. The fourth-order valence-electron chi connectivity index (χ4n) is 2.90. The van der Waals surface area contributed by atoms with Gasteiger partial charge < -0.3 is 15.2 Å². The van der Waals surface area contributed by atoms with Gasteiger partial charge in [-0.15, -0.1) is 0 Å². The molecule has 1 aromatic rings. The second kappa shape index (κ2) is 6.00. The van der Waals surface area contributed by atoms with Crippen LogP contribution in [0.4, 0.5) is 5.69 Å². The molecule has 0 aromatic heterocycles. The highest BCUT2D eigenvalue weighted by atomic mass is 16.5. The lowest BCUT2D eigenvalue weighted by Crippen LogP contribution is -2.20. The minimum absolute atomic E-state index is 0.181. The van der Waals surface area contributed by atoms with E-state index >= 15 is 0 Å². The van der Waals surface area contributed by atoms with Gasteiger partial charge in [0.15, 0.2) is 11.5 Å². The van der Waals surface area contributed by atoms with Crippen molar-refractivity contribution in [3.63, 3.8) is 0 Å². The van der Waals surface area contributed by atoms with Crippen LogP contribution in [-0.2, 0) is 0 Å². The van der Waals surface area contributed by atoms with Crippen molar-refractivity contribution in [2.75, 3.05) is 19.0 Å². The number of rotatable bonds is 4. The van der Waals surface area contributed by atoms with Crippen LogP contribution in [0.3, 0.4) is 0 Å². The van der Waals surface area contributed by atoms with E-state index in [2.05, 4.69) is 25.2 Å². The van der Waals surface area contributed by atoms with E-state index in [-0.39, 0.29) is 5.75 Å². The van der Waals surface area contributed by atoms with Crippen LogP contribution in [-0.4, -0.2) is 18.8 Å². The van der Waals surface area contributed by atoms with Gasteiger partial charge in [0.1, 0.15) is 0 Å². The topological polar surface area (TPSA) is 41.5 Å². The molecule has 3 heteroatoms. The third-order valence-electron chi connectivity index (χ3n) is 3.66. The zero-order valence-corrected chi connectivity index (χ0v) is 11.9. The third-order valence-corrected chi connectivity index (χ3v) is 3.66. The van der Waals surface area contributed by atoms with Crippen molar-refractivity contribution >= 4 is 5.69 Å². The van der Waals surface area contributed by atoms with Crippen molar-refractivity contribution in [2.45, 2.75) is 26.7 Å². The van der Waals surface area contributed by atoms with Crippen LogP contribution in [0.5, 0.6) is 11.5 Å². The number of benzene rings is 1. The van der Waals surface area contributed by atoms with Gasteiger partial charge in [-0.25, -0.2) is 0 Å². The lowest BCUT2D eigenvalue weighted by Gasteiger charge is -2.26. The Morgan fingerprint density at radius 2 is 2.21 bits per heavy atom. The van der Waals surface area contributed by atoms with Crippen LogP contribution >= 0.6 is 0 Å². The molecule has 1 aliphatic carbocycles. The highest BCUT2D eigenvalue weighted by Gasteiger charge is 2.17. The first-order chi connectivity index (χ1) is 9.08. The maximum absolute atomic E-state index is 9.74. The summed E-state index contributed by atoms with van der Waals surface area (Å²) in [6, 6.07) is 5.44. The molecule has 0 aliphatic heterocycles. The zero-order chi connectivity index (χ0) is 13.8. The quantitative estimate of drug-likeness (QED) is 0.810. The number of hydrogen-bond donors (Lipinski definition) is 2. The summed E-state index contributed by atoms with van der Waals surface area (Å²) in [5.74, 6) is 2.03. The molecule has 19 heavy (non-hydrogen) atoms. The van der Waals surface area contributed by atoms with Gasteiger partial charge in [-0.3, -0.25) is 0 Å². The summed E-state index contributed by atoms with van der Waals surface area (Å²) >= 11 is 0. The van der Waals surface area contributed by atoms with Gasteiger partial charge in [-0.05, 0) is 43.7 Å². The first-order valence-electron chi connectivity index (χ1n) is 6.86. The smallest absolute Gasteiger partial charge is 0.160 e. The van der Waals surface area contributed by atoms with Gasteiger partial charge in [0, 0.05) is 18.3 Å². The second-order valence-electron chi connectivity index (χ2n) is 5.56. The van der Waals surface area contributed by atoms with E-state index in [1.165, 1.54) is 18.4 Å². The van der Waals surface area contributed by atoms with Gasteiger partial charge in [0.05, 0.1) is 7.11 Å². The highest BCUT2D eigenvalue weighted by molar-refractivity contribution is 5.54. The van der Waals surface area contributed by atoms with Crippen molar-refractivity contribution in [3.05, 3.63) is 29.8 Å². The van der Waals surface area contributed by atoms with E-state index in [1.807, 2.05) is 6.07 Å². The first kappa shape index (κ1) is 13.8. The summed E-state index contributed by atoms with van der Waals surface area (Å²) in [5, 5.41) is 13.1. The molecule has 3 nitrogen and oxygen atoms in total. The lowest BCUT2D eigenvalue weighted by molar-refractivity contribution is 0.373. The van der Waals surface area contributed by atoms with Crippen molar-refractivity contribution in [1.82, 2.24) is 0 Å². The fourth-order valence-corrected chi connectivity index (χ4v) is 2.90. The highest BCUT2D eigenvalue weighted by Crippen LogP contribution is 2.30. The minimum atomic E-state index is 0.181. The largest absolute Gasteiger partial charge is 0.504 e. The standard InChI is InChI=1S/C16H23NO2/c1-11-6-12(2)8-13(7-11)10-17-14-4-5-16(19-3)15(18)9-14/h4-6,9,11,13,17-18H,7-8,10H2,1-3H3. The first-order valence-corrected chi connectivity index (χ1v) is 6.86. The summed E-state index contributed by atoms with van der Waals surface area (Å²) in [5.41, 5.74) is 2.43. The number of allylic oxidation sites excluding steroid dienone is 2. The average Bonchev–Trinajstić information content (AvgIpc) is 2.35. The average molecular weight is 261 g/mol. The monoisotopic (exact) mass is 261 g/mol. The van der Waals surface area contributed by atoms with Crippen molar-refractivity contribution in [1.29, 1.82) is 0 Å². The Kier molecular flexibility index (Phi) is 4.35. The number of hydrogen-bond acceptors (Lipinski definition) is 3. The molecule has 0 bridgehead atoms. The number of ether oxygens (including phenoxy) is 1. The predicted molar refractivity (Wildman–Crippen MR) is 78.8 cm³/mol. The molecule has 1 aliphatic rings. The molecular formula is C16H23NO2. The number of nitrogens with one attached hydrogen (secondary N) is 1. The van der Waals surface area contributed by atoms with Crippen molar-refractivity contribution in [2.24, 2.45) is 11.8 Å². The summed E-state index contributed by atoms with van der Waals surface area (Å²) < 4.78 is 5.04. The number of aromatic hydroxyl groups is 1. The third kappa shape index (κ3) is 3.66. The Labute approximate surface area is 115 Å². The molecular weight excluding hydrogens is 238 g/mol. The van der Waals surface area contributed by atoms with Crippen LogP contribution in [0, 0.1) is 11.8 Å². The molecule has 1 aromatic carbocycles. The summed E-state index contributed by atoms with van der Waals surface area (Å²) in [6.45, 7) is 5.43. The molecule has 0 saturated heterocycles. The fraction of sp³-hybridized carbons (Fsp3) is 0.500. The van der Waals surface area contributed by atoms with Gasteiger partial charge in [-0.2, -0.15) is 0 Å². The van der Waals surface area contributed by atoms with E-state index in [4.69, 9.17) is 4.74 Å². The lowest BCUT2D eigenvalue weighted by atomic mass is 9.84. The Morgan fingerprint density at radius 1 is 1.42 bits per heavy atom. The van der Waals surface area contributed by atoms with E-state index in [1.54, 1.807) is 19.2 Å². The molecule has 2 unspecified atom stereocenters. The van der Waals surface area contributed by atoms with Crippen LogP contribution in [0.1, 0.15) is 26.7 Å². The molecule has 2 rings (SSSR count). The van der Waals surface area contributed by atoms with E-state index in [0.717, 1.165) is 12.2 Å². The minimum Gasteiger partial charge on any atom is -0.504 e. The van der Waals surface area contributed by atoms with Gasteiger partial charge >= 0.3 is 0 Å². The summed E-state index contributed by atoms with van der Waals surface area (Å²) in [7, 11) is 1.56. The Hall–Kier alpha value is -1.64. The van der Waals surface area contributed by atoms with Gasteiger partial charge in [0.2, 0.25) is 0 Å². The number of anilines is 1. The molecule has 0 fully saturated rings. The second-order valence-corrected chi connectivity index (χ2v) is 5.56. The van der Waals surface area contributed by atoms with E-state index in [0.29, 0.717) is 17.6 Å². The normalized spacial score (nSPS) is 22.8. The molecule has 0 radical (unpaired) electrons. The number of phenolic OH excluding ortho intramolecular Hbond substituents is 1. The Bertz CT molecular complexity index is 468. The van der Waals surface area contributed by atoms with E-state index < -0.39 is 0 Å². The summed E-state index contributed by atoms with van der Waals surface area (Å²) in [6.07, 6.45) is 4.77. The van der Waals surface area contributed by atoms with Crippen molar-refractivity contribution in [3.8, 4) is 11.5 Å². The maximum Gasteiger partial charge on any atom is 0.160 e. The molecule has 0 saturated carbocycles. The van der Waals surface area contributed by atoms with E-state index in [9.17, 15) is 5.11 Å². The number of methoxy groups -OCH3 is 1. The number of phenols is 1. The van der Waals surface area contributed by atoms with Crippen LogP contribution in [0.15, 0.2) is 29.8 Å². The molecule has 0 heterocycles.